The maximum Gasteiger partial charge on any atom is 0.407 e. The van der Waals surface area contributed by atoms with Crippen LogP contribution in [0.25, 0.3) is 10.9 Å². The number of halogens is 3. The molecule has 45 heavy (non-hydrogen) atoms. The normalized spacial score (nSPS) is 11.8. The second-order valence-corrected chi connectivity index (χ2v) is 9.81. The van der Waals surface area contributed by atoms with Crippen molar-refractivity contribution in [1.29, 1.82) is 0 Å². The molecule has 4 aromatic rings. The lowest BCUT2D eigenvalue weighted by atomic mass is 10.1. The van der Waals surface area contributed by atoms with Crippen LogP contribution in [0.5, 0.6) is 5.75 Å². The number of alkyl carbamates (subject to hydrolysis) is 1. The van der Waals surface area contributed by atoms with Gasteiger partial charge in [0.1, 0.15) is 41.5 Å². The van der Waals surface area contributed by atoms with E-state index in [0.29, 0.717) is 16.6 Å². The number of aromatic amines is 1. The van der Waals surface area contributed by atoms with E-state index in [9.17, 15) is 32.3 Å². The van der Waals surface area contributed by atoms with E-state index < -0.39 is 41.1 Å². The third-order valence-electron chi connectivity index (χ3n) is 6.66. The van der Waals surface area contributed by atoms with Gasteiger partial charge < -0.3 is 35.0 Å². The maximum atomic E-state index is 14.4. The van der Waals surface area contributed by atoms with Crippen LogP contribution in [-0.2, 0) is 27.5 Å². The number of aromatic nitrogens is 2. The Kier molecular flexibility index (Phi) is 10.6. The number of nitrogens with one attached hydrogen (secondary N) is 4. The van der Waals surface area contributed by atoms with Gasteiger partial charge in [0.2, 0.25) is 11.8 Å². The molecule has 2 heterocycles. The van der Waals surface area contributed by atoms with Crippen molar-refractivity contribution >= 4 is 34.5 Å². The van der Waals surface area contributed by atoms with Gasteiger partial charge in [-0.3, -0.25) is 14.4 Å². The summed E-state index contributed by atoms with van der Waals surface area (Å²) in [6.45, 7) is -0.282. The number of H-pyrrole nitrogens is 1. The Morgan fingerprint density at radius 3 is 2.60 bits per heavy atom. The van der Waals surface area contributed by atoms with Crippen LogP contribution < -0.4 is 26.2 Å². The zero-order chi connectivity index (χ0) is 32.5. The highest BCUT2D eigenvalue weighted by Gasteiger charge is 2.22. The molecule has 11 nitrogen and oxygen atoms in total. The molecular weight excluding hydrogens is 595 g/mol. The van der Waals surface area contributed by atoms with Crippen molar-refractivity contribution in [3.05, 3.63) is 106 Å². The van der Waals surface area contributed by atoms with Crippen LogP contribution in [0.4, 0.5) is 23.7 Å². The summed E-state index contributed by atoms with van der Waals surface area (Å²) in [7, 11) is 2.61. The molecule has 0 aliphatic rings. The van der Waals surface area contributed by atoms with Crippen molar-refractivity contribution in [2.75, 3.05) is 19.5 Å². The molecule has 0 radical (unpaired) electrons. The predicted octanol–water partition coefficient (Wildman–Crippen LogP) is 4.12. The number of methoxy groups -OCH3 is 1. The Labute approximate surface area is 255 Å². The number of rotatable bonds is 12. The minimum Gasteiger partial charge on any atom is -0.486 e. The Balaban J connectivity index is 1.50. The number of hydrogen-bond donors (Lipinski definition) is 4. The first kappa shape index (κ1) is 32.4. The average molecular weight is 626 g/mol. The van der Waals surface area contributed by atoms with Gasteiger partial charge in [0, 0.05) is 42.0 Å². The van der Waals surface area contributed by atoms with Crippen LogP contribution in [0.1, 0.15) is 24.1 Å². The van der Waals surface area contributed by atoms with E-state index >= 15 is 0 Å². The second kappa shape index (κ2) is 14.8. The molecule has 0 fully saturated rings. The van der Waals surface area contributed by atoms with Gasteiger partial charge in [-0.25, -0.2) is 18.0 Å². The Hall–Kier alpha value is -5.53. The number of anilines is 1. The number of pyridine rings is 1. The van der Waals surface area contributed by atoms with E-state index in [1.807, 2.05) is 0 Å². The number of carbonyl (C=O) groups excluding carboxylic acids is 3. The van der Waals surface area contributed by atoms with Crippen molar-refractivity contribution in [1.82, 2.24) is 20.2 Å². The highest BCUT2D eigenvalue weighted by molar-refractivity contribution is 5.96. The van der Waals surface area contributed by atoms with Crippen LogP contribution in [-0.4, -0.2) is 47.7 Å². The third-order valence-corrected chi connectivity index (χ3v) is 6.66. The topological polar surface area (TPSA) is 144 Å². The van der Waals surface area contributed by atoms with Crippen molar-refractivity contribution in [3.63, 3.8) is 0 Å². The number of benzene rings is 2. The standard InChI is InChI=1S/C31H30F3N5O6/c1-35-27(40)8-4-3-6-24(38-31(43)44-2)29(41)37-25-7-5-11-39(30(25)42)16-22-13-19-12-21(33)15-26(28(19)36-22)45-17-18-9-10-20(32)14-23(18)34/h4-5,7-15,24,36H,3,6,16-17H2,1-2H3,(H,35,40)(H,37,41)(H,38,43)/b8-4+. The minimum atomic E-state index is -1.08. The van der Waals surface area contributed by atoms with Crippen LogP contribution in [0, 0.1) is 17.5 Å². The summed E-state index contributed by atoms with van der Waals surface area (Å²) in [4.78, 5) is 52.6. The summed E-state index contributed by atoms with van der Waals surface area (Å²) < 4.78 is 53.2. The zero-order valence-corrected chi connectivity index (χ0v) is 24.3. The molecule has 3 amide bonds. The second-order valence-electron chi connectivity index (χ2n) is 9.81. The van der Waals surface area contributed by atoms with Crippen molar-refractivity contribution in [2.24, 2.45) is 0 Å². The summed E-state index contributed by atoms with van der Waals surface area (Å²) in [6.07, 6.45) is 3.85. The fourth-order valence-electron chi connectivity index (χ4n) is 4.39. The third kappa shape index (κ3) is 8.53. The molecule has 236 valence electrons. The fourth-order valence-corrected chi connectivity index (χ4v) is 4.39. The number of hydrogen-bond acceptors (Lipinski definition) is 6. The van der Waals surface area contributed by atoms with Crippen LogP contribution >= 0.6 is 0 Å². The number of carbonyl (C=O) groups is 3. The highest BCUT2D eigenvalue weighted by atomic mass is 19.1. The summed E-state index contributed by atoms with van der Waals surface area (Å²) in [6, 6.07) is 8.92. The molecule has 0 aliphatic carbocycles. The first-order chi connectivity index (χ1) is 21.6. The van der Waals surface area contributed by atoms with Gasteiger partial charge in [0.25, 0.3) is 5.56 Å². The van der Waals surface area contributed by atoms with Crippen molar-refractivity contribution in [2.45, 2.75) is 32.0 Å². The molecule has 1 unspecified atom stereocenters. The van der Waals surface area contributed by atoms with Gasteiger partial charge in [0.15, 0.2) is 0 Å². The highest BCUT2D eigenvalue weighted by Crippen LogP contribution is 2.29. The molecule has 0 saturated carbocycles. The van der Waals surface area contributed by atoms with Gasteiger partial charge in [-0.2, -0.15) is 0 Å². The van der Waals surface area contributed by atoms with E-state index in [2.05, 4.69) is 25.7 Å². The number of likely N-dealkylation sites (N-methyl/N-ethyl adjacent to an activating group) is 1. The molecule has 0 saturated heterocycles. The molecular formula is C31H30F3N5O6. The zero-order valence-electron chi connectivity index (χ0n) is 24.3. The van der Waals surface area contributed by atoms with E-state index in [-0.39, 0.29) is 48.9 Å². The molecule has 2 aromatic heterocycles. The SMILES string of the molecule is CNC(=O)/C=C/CCC(NC(=O)OC)C(=O)Nc1cccn(Cc2cc3cc(F)cc(OCc4ccc(F)cc4F)c3[nH]2)c1=O. The molecule has 14 heteroatoms. The van der Waals surface area contributed by atoms with Gasteiger partial charge in [-0.1, -0.05) is 6.08 Å². The van der Waals surface area contributed by atoms with E-state index in [4.69, 9.17) is 4.74 Å². The lowest BCUT2D eigenvalue weighted by Gasteiger charge is -2.17. The molecule has 4 rings (SSSR count). The van der Waals surface area contributed by atoms with Gasteiger partial charge in [-0.15, -0.1) is 0 Å². The molecule has 1 atom stereocenters. The largest absolute Gasteiger partial charge is 0.486 e. The molecule has 2 aromatic carbocycles. The first-order valence-electron chi connectivity index (χ1n) is 13.7. The summed E-state index contributed by atoms with van der Waals surface area (Å²) in [5.74, 6) is -3.06. The first-order valence-corrected chi connectivity index (χ1v) is 13.7. The van der Waals surface area contributed by atoms with Gasteiger partial charge in [-0.05, 0) is 55.3 Å². The van der Waals surface area contributed by atoms with Gasteiger partial charge >= 0.3 is 6.09 Å². The number of amides is 3. The quantitative estimate of drug-likeness (QED) is 0.175. The van der Waals surface area contributed by atoms with Crippen LogP contribution in [0.2, 0.25) is 0 Å². The average Bonchev–Trinajstić information content (AvgIpc) is 3.41. The number of fused-ring (bicyclic) bond motifs is 1. The molecule has 0 bridgehead atoms. The summed E-state index contributed by atoms with van der Waals surface area (Å²) in [5, 5.41) is 7.80. The summed E-state index contributed by atoms with van der Waals surface area (Å²) in [5.41, 5.74) is 0.346. The Bertz CT molecular complexity index is 1800. The van der Waals surface area contributed by atoms with E-state index in [1.54, 1.807) is 12.1 Å². The molecule has 0 aliphatic heterocycles. The fraction of sp³-hybridized carbons (Fsp3) is 0.226. The van der Waals surface area contributed by atoms with E-state index in [0.717, 1.165) is 25.3 Å². The minimum absolute atomic E-state index is 0.000992. The Morgan fingerprint density at radius 2 is 1.87 bits per heavy atom. The molecule has 4 N–H and O–H groups in total. The summed E-state index contributed by atoms with van der Waals surface area (Å²) >= 11 is 0. The number of allylic oxidation sites excluding steroid dienone is 1. The number of nitrogens with zero attached hydrogens (tertiary/aromatic N) is 1. The van der Waals surface area contributed by atoms with Gasteiger partial charge in [0.05, 0.1) is 19.2 Å². The Morgan fingerprint density at radius 1 is 1.07 bits per heavy atom. The lowest BCUT2D eigenvalue weighted by molar-refractivity contribution is -0.118. The van der Waals surface area contributed by atoms with Crippen LogP contribution in [0.15, 0.2) is 71.7 Å². The maximum absolute atomic E-state index is 14.4. The van der Waals surface area contributed by atoms with E-state index in [1.165, 1.54) is 48.2 Å². The smallest absolute Gasteiger partial charge is 0.407 e. The van der Waals surface area contributed by atoms with Crippen LogP contribution in [0.3, 0.4) is 0 Å². The molecule has 0 spiro atoms. The van der Waals surface area contributed by atoms with Crippen molar-refractivity contribution < 1.29 is 37.0 Å². The van der Waals surface area contributed by atoms with Crippen molar-refractivity contribution in [3.8, 4) is 5.75 Å². The number of ether oxygens (including phenoxy) is 2. The monoisotopic (exact) mass is 625 g/mol. The predicted molar refractivity (Wildman–Crippen MR) is 159 cm³/mol. The lowest BCUT2D eigenvalue weighted by Crippen LogP contribution is -2.44.